The number of hydrogen-bond donors (Lipinski definition) is 0. The topological polar surface area (TPSA) is 62.1 Å². The van der Waals surface area contributed by atoms with E-state index < -0.39 is 15.6 Å². The van der Waals surface area contributed by atoms with Crippen LogP contribution in [0.5, 0.6) is 0 Å². The average Bonchev–Trinajstić information content (AvgIpc) is 2.87. The van der Waals surface area contributed by atoms with Gasteiger partial charge in [-0.05, 0) is 36.8 Å². The summed E-state index contributed by atoms with van der Waals surface area (Å²) in [6.07, 6.45) is 1.63. The van der Waals surface area contributed by atoms with Crippen molar-refractivity contribution < 1.29 is 9.00 Å². The summed E-state index contributed by atoms with van der Waals surface area (Å²) in [5, 5.41) is 0.768. The highest BCUT2D eigenvalue weighted by molar-refractivity contribution is 7.93. The Morgan fingerprint density at radius 2 is 1.88 bits per heavy atom. The van der Waals surface area contributed by atoms with Gasteiger partial charge in [0.15, 0.2) is 0 Å². The molecule has 0 saturated carbocycles. The van der Waals surface area contributed by atoms with Crippen molar-refractivity contribution in [3.63, 3.8) is 0 Å². The Morgan fingerprint density at radius 1 is 1.19 bits per heavy atom. The molecule has 0 aliphatic carbocycles. The number of hydrogen-bond acceptors (Lipinski definition) is 3. The molecule has 2 aromatic carbocycles. The van der Waals surface area contributed by atoms with E-state index in [1.54, 1.807) is 42.7 Å². The molecule has 0 spiro atoms. The van der Waals surface area contributed by atoms with Gasteiger partial charge in [-0.1, -0.05) is 35.3 Å². The van der Waals surface area contributed by atoms with Gasteiger partial charge in [-0.25, -0.2) is 9.20 Å². The summed E-state index contributed by atoms with van der Waals surface area (Å²) >= 11 is 12.3. The third-order valence-corrected chi connectivity index (χ3v) is 6.89. The number of benzene rings is 2. The first kappa shape index (κ1) is 18.9. The molecule has 8 heteroatoms. The largest absolute Gasteiger partial charge is 0.366 e. The molecule has 2 aromatic rings. The quantitative estimate of drug-likeness (QED) is 0.526. The fourth-order valence-corrected chi connectivity index (χ4v) is 5.09. The maximum absolute atomic E-state index is 13.3. The van der Waals surface area contributed by atoms with Gasteiger partial charge in [0.25, 0.3) is 5.91 Å². The molecule has 0 N–H and O–H groups in total. The summed E-state index contributed by atoms with van der Waals surface area (Å²) in [6, 6.07) is 10.3. The van der Waals surface area contributed by atoms with Gasteiger partial charge >= 0.3 is 0 Å². The fraction of sp³-hybridized carbons (Fsp3) is 0.222. The van der Waals surface area contributed by atoms with Gasteiger partial charge in [0.1, 0.15) is 0 Å². The second-order valence-electron chi connectivity index (χ2n) is 5.90. The van der Waals surface area contributed by atoms with E-state index in [0.717, 1.165) is 12.1 Å². The summed E-state index contributed by atoms with van der Waals surface area (Å²) in [6.45, 7) is 2.78. The lowest BCUT2D eigenvalue weighted by Gasteiger charge is -2.10. The number of halogens is 2. The van der Waals surface area contributed by atoms with Crippen LogP contribution in [0.4, 0.5) is 5.69 Å². The van der Waals surface area contributed by atoms with Crippen molar-refractivity contribution in [2.45, 2.75) is 17.6 Å². The predicted molar refractivity (Wildman–Crippen MR) is 106 cm³/mol. The summed E-state index contributed by atoms with van der Waals surface area (Å²) in [5.74, 6) is -0.440. The van der Waals surface area contributed by atoms with Crippen molar-refractivity contribution in [2.75, 3.05) is 13.6 Å². The number of nitrogens with zero attached hydrogens (tertiary/aromatic N) is 3. The summed E-state index contributed by atoms with van der Waals surface area (Å²) < 4.78 is 17.3. The van der Waals surface area contributed by atoms with E-state index in [9.17, 15) is 9.00 Å². The standard InChI is InChI=1S/C18H17Cl2N3O2S/c1-3-23(2)11-21-14-8-9-15-16(17(14)20)18(24)22-26(15,25)10-12-4-6-13(19)7-5-12/h4-9,11H,3,10H2,1-2H3. The molecule has 0 radical (unpaired) electrons. The van der Waals surface area contributed by atoms with Crippen molar-refractivity contribution in [2.24, 2.45) is 9.36 Å². The van der Waals surface area contributed by atoms with Crippen LogP contribution < -0.4 is 0 Å². The van der Waals surface area contributed by atoms with E-state index in [1.807, 2.05) is 18.9 Å². The SMILES string of the molecule is CCN(C)C=Nc1ccc2c(c1Cl)C(=O)N=S2(=O)Cc1ccc(Cl)cc1. The van der Waals surface area contributed by atoms with Crippen LogP contribution in [0, 0.1) is 0 Å². The van der Waals surface area contributed by atoms with Crippen LogP contribution in [-0.2, 0) is 15.5 Å². The van der Waals surface area contributed by atoms with Crippen molar-refractivity contribution >= 4 is 50.9 Å². The highest BCUT2D eigenvalue weighted by Crippen LogP contribution is 2.39. The van der Waals surface area contributed by atoms with Gasteiger partial charge in [-0.2, -0.15) is 4.36 Å². The molecule has 1 aliphatic rings. The third kappa shape index (κ3) is 3.63. The van der Waals surface area contributed by atoms with E-state index in [0.29, 0.717) is 15.6 Å². The van der Waals surface area contributed by atoms with E-state index in [4.69, 9.17) is 23.2 Å². The Morgan fingerprint density at radius 3 is 2.54 bits per heavy atom. The number of amides is 1. The van der Waals surface area contributed by atoms with E-state index in [-0.39, 0.29) is 16.3 Å². The monoisotopic (exact) mass is 409 g/mol. The zero-order valence-electron chi connectivity index (χ0n) is 14.3. The van der Waals surface area contributed by atoms with Crippen LogP contribution in [0.15, 0.2) is 50.6 Å². The number of carbonyl (C=O) groups is 1. The van der Waals surface area contributed by atoms with Crippen molar-refractivity contribution in [1.82, 2.24) is 4.90 Å². The Hall–Kier alpha value is -1.89. The molecule has 5 nitrogen and oxygen atoms in total. The fourth-order valence-electron chi connectivity index (χ4n) is 2.50. The first-order valence-corrected chi connectivity index (χ1v) is 10.4. The normalized spacial score (nSPS) is 18.8. The van der Waals surface area contributed by atoms with E-state index in [1.165, 1.54) is 0 Å². The van der Waals surface area contributed by atoms with Crippen LogP contribution in [-0.4, -0.2) is 34.9 Å². The van der Waals surface area contributed by atoms with Gasteiger partial charge in [0.05, 0.1) is 43.0 Å². The molecular formula is C18H17Cl2N3O2S. The molecule has 1 aliphatic heterocycles. The van der Waals surface area contributed by atoms with E-state index >= 15 is 0 Å². The van der Waals surface area contributed by atoms with Gasteiger partial charge in [-0.3, -0.25) is 4.79 Å². The minimum absolute atomic E-state index is 0.125. The summed E-state index contributed by atoms with van der Waals surface area (Å²) in [4.78, 5) is 18.9. The van der Waals surface area contributed by atoms with Crippen molar-refractivity contribution in [3.05, 3.63) is 57.6 Å². The van der Waals surface area contributed by atoms with Crippen LogP contribution in [0.3, 0.4) is 0 Å². The Bertz CT molecular complexity index is 1010. The van der Waals surface area contributed by atoms with Gasteiger partial charge < -0.3 is 4.90 Å². The molecule has 3 rings (SSSR count). The lowest BCUT2D eigenvalue weighted by Crippen LogP contribution is -2.14. The molecule has 0 aromatic heterocycles. The molecule has 1 heterocycles. The minimum atomic E-state index is -2.92. The lowest BCUT2D eigenvalue weighted by atomic mass is 10.2. The number of rotatable bonds is 5. The Kier molecular flexibility index (Phi) is 5.37. The van der Waals surface area contributed by atoms with Crippen LogP contribution in [0.2, 0.25) is 10.0 Å². The molecule has 0 bridgehead atoms. The van der Waals surface area contributed by atoms with Crippen LogP contribution in [0.25, 0.3) is 0 Å². The average molecular weight is 410 g/mol. The number of fused-ring (bicyclic) bond motifs is 1. The lowest BCUT2D eigenvalue weighted by molar-refractivity contribution is 0.101. The number of aliphatic imine (C=N–C) groups is 1. The van der Waals surface area contributed by atoms with Gasteiger partial charge in [0, 0.05) is 18.6 Å². The van der Waals surface area contributed by atoms with E-state index in [2.05, 4.69) is 9.36 Å². The molecule has 0 saturated heterocycles. The summed E-state index contributed by atoms with van der Waals surface area (Å²) in [5.41, 5.74) is 1.41. The van der Waals surface area contributed by atoms with Gasteiger partial charge in [0.2, 0.25) is 0 Å². The Labute approximate surface area is 162 Å². The molecule has 26 heavy (non-hydrogen) atoms. The Balaban J connectivity index is 2.00. The first-order chi connectivity index (χ1) is 12.3. The maximum Gasteiger partial charge on any atom is 0.288 e. The molecular weight excluding hydrogens is 393 g/mol. The maximum atomic E-state index is 13.3. The zero-order valence-corrected chi connectivity index (χ0v) is 16.6. The highest BCUT2D eigenvalue weighted by atomic mass is 35.5. The molecule has 1 unspecified atom stereocenters. The smallest absolute Gasteiger partial charge is 0.288 e. The van der Waals surface area contributed by atoms with Crippen molar-refractivity contribution in [3.8, 4) is 0 Å². The molecule has 1 amide bonds. The molecule has 1 atom stereocenters. The molecule has 136 valence electrons. The first-order valence-electron chi connectivity index (χ1n) is 7.94. The van der Waals surface area contributed by atoms with Crippen molar-refractivity contribution in [1.29, 1.82) is 0 Å². The van der Waals surface area contributed by atoms with Crippen LogP contribution in [0.1, 0.15) is 22.8 Å². The summed E-state index contributed by atoms with van der Waals surface area (Å²) in [7, 11) is -1.04. The number of carbonyl (C=O) groups excluding carboxylic acids is 1. The minimum Gasteiger partial charge on any atom is -0.366 e. The third-order valence-electron chi connectivity index (χ3n) is 4.04. The second kappa shape index (κ2) is 7.39. The highest BCUT2D eigenvalue weighted by Gasteiger charge is 2.32. The second-order valence-corrected chi connectivity index (χ2v) is 8.90. The van der Waals surface area contributed by atoms with Crippen LogP contribution >= 0.6 is 23.2 Å². The zero-order chi connectivity index (χ0) is 18.9. The van der Waals surface area contributed by atoms with Gasteiger partial charge in [-0.15, -0.1) is 0 Å². The molecule has 0 fully saturated rings. The predicted octanol–water partition coefficient (Wildman–Crippen LogP) is 4.79.